The molecule has 2 aromatic heterocycles. The minimum absolute atomic E-state index is 0.0444. The Morgan fingerprint density at radius 2 is 1.61 bits per heavy atom. The van der Waals surface area contributed by atoms with Gasteiger partial charge in [0.05, 0.1) is 11.3 Å². The molecule has 0 aliphatic carbocycles. The zero-order valence-corrected chi connectivity index (χ0v) is 17.1. The Morgan fingerprint density at radius 1 is 1.04 bits per heavy atom. The van der Waals surface area contributed by atoms with Crippen LogP contribution in [0.25, 0.3) is 0 Å². The molecule has 2 rings (SSSR count). The van der Waals surface area contributed by atoms with E-state index in [4.69, 9.17) is 0 Å². The lowest BCUT2D eigenvalue weighted by molar-refractivity contribution is -0.142. The van der Waals surface area contributed by atoms with E-state index in [2.05, 4.69) is 9.97 Å². The van der Waals surface area contributed by atoms with Gasteiger partial charge in [-0.1, -0.05) is 27.7 Å². The van der Waals surface area contributed by atoms with Gasteiger partial charge in [-0.25, -0.2) is 4.98 Å². The van der Waals surface area contributed by atoms with Gasteiger partial charge in [-0.2, -0.15) is 13.2 Å². The summed E-state index contributed by atoms with van der Waals surface area (Å²) in [5.41, 5.74) is -2.70. The van der Waals surface area contributed by atoms with Gasteiger partial charge in [-0.05, 0) is 12.8 Å². The minimum Gasteiger partial charge on any atom is -0.315 e. The van der Waals surface area contributed by atoms with Crippen LogP contribution in [0.5, 0.6) is 0 Å². The van der Waals surface area contributed by atoms with Crippen molar-refractivity contribution in [2.45, 2.75) is 58.5 Å². The van der Waals surface area contributed by atoms with Crippen molar-refractivity contribution in [3.8, 4) is 0 Å². The summed E-state index contributed by atoms with van der Waals surface area (Å²) in [6.45, 7) is 8.18. The predicted molar refractivity (Wildman–Crippen MR) is 99.5 cm³/mol. The van der Waals surface area contributed by atoms with Crippen LogP contribution in [0.4, 0.5) is 13.2 Å². The lowest BCUT2D eigenvalue weighted by Gasteiger charge is -2.26. The maximum atomic E-state index is 13.5. The van der Waals surface area contributed by atoms with E-state index < -0.39 is 28.8 Å². The number of hydrogen-bond donors (Lipinski definition) is 0. The van der Waals surface area contributed by atoms with Crippen LogP contribution in [0.2, 0.25) is 0 Å². The van der Waals surface area contributed by atoms with E-state index in [-0.39, 0.29) is 29.1 Å². The van der Waals surface area contributed by atoms with Gasteiger partial charge in [0.2, 0.25) is 0 Å². The largest absolute Gasteiger partial charge is 0.433 e. The third kappa shape index (κ3) is 4.02. The van der Waals surface area contributed by atoms with E-state index in [9.17, 15) is 22.8 Å². The average molecular weight is 398 g/mol. The monoisotopic (exact) mass is 398 g/mol. The normalized spacial score (nSPS) is 12.7. The van der Waals surface area contributed by atoms with Crippen LogP contribution in [-0.2, 0) is 32.1 Å². The Hall–Kier alpha value is -2.45. The molecule has 0 amide bonds. The van der Waals surface area contributed by atoms with Crippen molar-refractivity contribution in [2.75, 3.05) is 0 Å². The molecule has 0 radical (unpaired) electrons. The third-order valence-electron chi connectivity index (χ3n) is 4.70. The second-order valence-electron chi connectivity index (χ2n) is 8.01. The SMILES string of the molecule is Cc1cn(C)c(=O)c(C(C)(C)Cc2nc(C(F)(F)F)c(C(C)C)c(=O)n2C)n1. The topological polar surface area (TPSA) is 69.8 Å². The number of nitrogens with zero attached hydrogens (tertiary/aromatic N) is 4. The van der Waals surface area contributed by atoms with Crippen LogP contribution in [0.1, 0.15) is 62.1 Å². The van der Waals surface area contributed by atoms with Gasteiger partial charge in [-0.3, -0.25) is 19.1 Å². The highest BCUT2D eigenvalue weighted by Crippen LogP contribution is 2.33. The molecule has 2 heterocycles. The summed E-state index contributed by atoms with van der Waals surface area (Å²) in [6.07, 6.45) is -3.22. The van der Waals surface area contributed by atoms with Gasteiger partial charge < -0.3 is 4.57 Å². The summed E-state index contributed by atoms with van der Waals surface area (Å²) in [5, 5.41) is 0. The molecule has 6 nitrogen and oxygen atoms in total. The predicted octanol–water partition coefficient (Wildman–Crippen LogP) is 2.84. The molecule has 0 spiro atoms. The van der Waals surface area contributed by atoms with Crippen LogP contribution in [0.15, 0.2) is 15.8 Å². The summed E-state index contributed by atoms with van der Waals surface area (Å²) in [4.78, 5) is 33.3. The van der Waals surface area contributed by atoms with E-state index in [1.807, 2.05) is 0 Å². The molecule has 2 aromatic rings. The van der Waals surface area contributed by atoms with Crippen molar-refractivity contribution in [2.24, 2.45) is 14.1 Å². The zero-order valence-electron chi connectivity index (χ0n) is 17.1. The van der Waals surface area contributed by atoms with Crippen molar-refractivity contribution < 1.29 is 13.2 Å². The van der Waals surface area contributed by atoms with Crippen molar-refractivity contribution in [3.05, 3.63) is 55.4 Å². The van der Waals surface area contributed by atoms with E-state index >= 15 is 0 Å². The molecule has 0 atom stereocenters. The number of rotatable bonds is 4. The fourth-order valence-corrected chi connectivity index (χ4v) is 3.24. The molecule has 28 heavy (non-hydrogen) atoms. The molecule has 0 saturated heterocycles. The smallest absolute Gasteiger partial charge is 0.315 e. The molecule has 0 saturated carbocycles. The first kappa shape index (κ1) is 21.8. The first-order valence-corrected chi connectivity index (χ1v) is 8.88. The van der Waals surface area contributed by atoms with E-state index in [0.717, 1.165) is 4.57 Å². The maximum Gasteiger partial charge on any atom is 0.433 e. The maximum absolute atomic E-state index is 13.5. The van der Waals surface area contributed by atoms with Crippen molar-refractivity contribution in [1.29, 1.82) is 0 Å². The molecule has 154 valence electrons. The molecule has 0 aliphatic rings. The van der Waals surface area contributed by atoms with Crippen molar-refractivity contribution >= 4 is 0 Å². The Labute approximate surface area is 161 Å². The van der Waals surface area contributed by atoms with Gasteiger partial charge in [0.25, 0.3) is 11.1 Å². The molecule has 0 aliphatic heterocycles. The second-order valence-corrected chi connectivity index (χ2v) is 8.01. The number of aromatic nitrogens is 4. The number of alkyl halides is 3. The first-order chi connectivity index (χ1) is 12.7. The average Bonchev–Trinajstić information content (AvgIpc) is 2.53. The van der Waals surface area contributed by atoms with Gasteiger partial charge >= 0.3 is 6.18 Å². The number of halogens is 3. The fraction of sp³-hybridized carbons (Fsp3) is 0.579. The molecule has 0 aromatic carbocycles. The van der Waals surface area contributed by atoms with E-state index in [1.165, 1.54) is 25.5 Å². The highest BCUT2D eigenvalue weighted by Gasteiger charge is 2.39. The highest BCUT2D eigenvalue weighted by atomic mass is 19.4. The fourth-order valence-electron chi connectivity index (χ4n) is 3.24. The van der Waals surface area contributed by atoms with E-state index in [0.29, 0.717) is 5.69 Å². The van der Waals surface area contributed by atoms with E-state index in [1.54, 1.807) is 34.0 Å². The summed E-state index contributed by atoms with van der Waals surface area (Å²) in [7, 11) is 2.98. The Kier molecular flexibility index (Phi) is 5.60. The molecular weight excluding hydrogens is 373 g/mol. The summed E-state index contributed by atoms with van der Waals surface area (Å²) in [6, 6.07) is 0. The van der Waals surface area contributed by atoms with Gasteiger partial charge in [0.1, 0.15) is 11.5 Å². The van der Waals surface area contributed by atoms with Gasteiger partial charge in [0.15, 0.2) is 5.69 Å². The minimum atomic E-state index is -4.75. The van der Waals surface area contributed by atoms with Gasteiger partial charge in [0, 0.05) is 32.1 Å². The Balaban J connectivity index is 2.68. The third-order valence-corrected chi connectivity index (χ3v) is 4.70. The molecule has 0 N–H and O–H groups in total. The van der Waals surface area contributed by atoms with Gasteiger partial charge in [-0.15, -0.1) is 0 Å². The molecule has 0 bridgehead atoms. The first-order valence-electron chi connectivity index (χ1n) is 8.88. The van der Waals surface area contributed by atoms with Crippen LogP contribution < -0.4 is 11.1 Å². The standard InChI is InChI=1S/C19H25F3N4O2/c1-10(2)13-14(19(20,21)22)24-12(26(7)16(13)27)8-18(4,5)15-17(28)25(6)9-11(3)23-15/h9-10H,8H2,1-7H3. The highest BCUT2D eigenvalue weighted by molar-refractivity contribution is 5.26. The lowest BCUT2D eigenvalue weighted by atomic mass is 9.85. The zero-order chi connectivity index (χ0) is 21.6. The van der Waals surface area contributed by atoms with Crippen LogP contribution in [-0.4, -0.2) is 19.1 Å². The van der Waals surface area contributed by atoms with Crippen LogP contribution >= 0.6 is 0 Å². The lowest BCUT2D eigenvalue weighted by Crippen LogP contribution is -2.38. The summed E-state index contributed by atoms with van der Waals surface area (Å²) >= 11 is 0. The molecule has 0 fully saturated rings. The van der Waals surface area contributed by atoms with Crippen molar-refractivity contribution in [3.63, 3.8) is 0 Å². The van der Waals surface area contributed by atoms with Crippen molar-refractivity contribution in [1.82, 2.24) is 19.1 Å². The molecule has 9 heteroatoms. The summed E-state index contributed by atoms with van der Waals surface area (Å²) < 4.78 is 43.2. The molecular formula is C19H25F3N4O2. The second kappa shape index (κ2) is 7.18. The summed E-state index contributed by atoms with van der Waals surface area (Å²) in [5.74, 6) is -0.673. The molecule has 0 unspecified atom stereocenters. The number of aryl methyl sites for hydroxylation is 2. The van der Waals surface area contributed by atoms with Crippen LogP contribution in [0, 0.1) is 6.92 Å². The Bertz CT molecular complexity index is 1020. The number of hydrogen-bond acceptors (Lipinski definition) is 4. The quantitative estimate of drug-likeness (QED) is 0.794. The Morgan fingerprint density at radius 3 is 2.11 bits per heavy atom. The van der Waals surface area contributed by atoms with Crippen LogP contribution in [0.3, 0.4) is 0 Å².